The van der Waals surface area contributed by atoms with Gasteiger partial charge in [0.2, 0.25) is 5.91 Å². The van der Waals surface area contributed by atoms with Crippen LogP contribution in [0.4, 0.5) is 0 Å². The highest BCUT2D eigenvalue weighted by Gasteiger charge is 2.31. The number of carbonyl (C=O) groups excluding carboxylic acids is 2. The van der Waals surface area contributed by atoms with Gasteiger partial charge in [-0.1, -0.05) is 54.1 Å². The number of hydrogen-bond acceptors (Lipinski definition) is 3. The van der Waals surface area contributed by atoms with Gasteiger partial charge in [-0.3, -0.25) is 9.59 Å². The average molecular weight is 388 g/mol. The molecular formula is C22H26ClNO3. The molecule has 4 nitrogen and oxygen atoms in total. The molecule has 0 spiro atoms. The van der Waals surface area contributed by atoms with Gasteiger partial charge in [0.25, 0.3) is 6.47 Å². The van der Waals surface area contributed by atoms with E-state index in [0.717, 1.165) is 5.02 Å². The van der Waals surface area contributed by atoms with Crippen molar-refractivity contribution >= 4 is 24.0 Å². The molecule has 0 aliphatic carbocycles. The van der Waals surface area contributed by atoms with E-state index >= 15 is 0 Å². The van der Waals surface area contributed by atoms with Crippen LogP contribution in [0, 0.1) is 0 Å². The van der Waals surface area contributed by atoms with Crippen molar-refractivity contribution in [3.8, 4) is 0 Å². The van der Waals surface area contributed by atoms with E-state index in [0.29, 0.717) is 19.4 Å². The molecule has 0 radical (unpaired) electrons. The van der Waals surface area contributed by atoms with Crippen LogP contribution in [0.2, 0.25) is 5.02 Å². The van der Waals surface area contributed by atoms with E-state index < -0.39 is 0 Å². The van der Waals surface area contributed by atoms with Crippen molar-refractivity contribution in [1.82, 2.24) is 5.32 Å². The minimum absolute atomic E-state index is 0.122. The normalized spacial score (nSPS) is 19.3. The van der Waals surface area contributed by atoms with Gasteiger partial charge in [0.1, 0.15) is 5.60 Å². The quantitative estimate of drug-likeness (QED) is 0.777. The molecule has 0 unspecified atom stereocenters. The molecule has 0 bridgehead atoms. The molecule has 1 fully saturated rings. The number of halogens is 1. The van der Waals surface area contributed by atoms with E-state index in [2.05, 4.69) is 28.3 Å². The maximum Gasteiger partial charge on any atom is 0.293 e. The van der Waals surface area contributed by atoms with Crippen molar-refractivity contribution in [2.45, 2.75) is 44.6 Å². The van der Waals surface area contributed by atoms with E-state index in [1.54, 1.807) is 0 Å². The van der Waals surface area contributed by atoms with E-state index in [9.17, 15) is 9.59 Å². The molecule has 1 N–H and O–H groups in total. The molecule has 0 saturated carbocycles. The molecule has 2 aromatic rings. The second-order valence-corrected chi connectivity index (χ2v) is 7.95. The van der Waals surface area contributed by atoms with Crippen molar-refractivity contribution < 1.29 is 14.3 Å². The Labute approximate surface area is 165 Å². The summed E-state index contributed by atoms with van der Waals surface area (Å²) in [4.78, 5) is 21.4. The number of piperidine rings is 1. The molecule has 3 rings (SSSR count). The van der Waals surface area contributed by atoms with Crippen molar-refractivity contribution in [1.29, 1.82) is 0 Å². The van der Waals surface area contributed by atoms with Gasteiger partial charge >= 0.3 is 0 Å². The fourth-order valence-electron chi connectivity index (χ4n) is 3.06. The predicted molar refractivity (Wildman–Crippen MR) is 108 cm³/mol. The summed E-state index contributed by atoms with van der Waals surface area (Å²) in [6.07, 6.45) is 0.529. The zero-order valence-corrected chi connectivity index (χ0v) is 16.7. The molecule has 1 aliphatic heterocycles. The number of rotatable bonds is 3. The number of carbonyl (C=O) groups is 2. The van der Waals surface area contributed by atoms with Crippen molar-refractivity contribution in [3.63, 3.8) is 0 Å². The topological polar surface area (TPSA) is 55.4 Å². The number of nitrogens with one attached hydrogen (secondary N) is 1. The van der Waals surface area contributed by atoms with Crippen LogP contribution in [0.1, 0.15) is 50.2 Å². The third-order valence-corrected chi connectivity index (χ3v) is 4.55. The summed E-state index contributed by atoms with van der Waals surface area (Å²) in [5, 5.41) is 3.71. The molecule has 1 amide bonds. The van der Waals surface area contributed by atoms with Crippen LogP contribution in [0.5, 0.6) is 0 Å². The van der Waals surface area contributed by atoms with Crippen LogP contribution in [0.15, 0.2) is 54.6 Å². The lowest BCUT2D eigenvalue weighted by molar-refractivity contribution is -0.138. The Bertz CT molecular complexity index is 756. The monoisotopic (exact) mass is 387 g/mol. The Morgan fingerprint density at radius 1 is 1.04 bits per heavy atom. The second-order valence-electron chi connectivity index (χ2n) is 7.51. The Morgan fingerprint density at radius 2 is 1.70 bits per heavy atom. The van der Waals surface area contributed by atoms with Crippen molar-refractivity contribution in [3.05, 3.63) is 70.7 Å². The minimum atomic E-state index is -0.318. The molecule has 2 atom stereocenters. The smallest absolute Gasteiger partial charge is 0.293 e. The maximum absolute atomic E-state index is 11.8. The summed E-state index contributed by atoms with van der Waals surface area (Å²) in [6.45, 7) is 6.59. The third kappa shape index (κ3) is 6.72. The summed E-state index contributed by atoms with van der Waals surface area (Å²) in [6, 6.07) is 18.2. The highest BCUT2D eigenvalue weighted by atomic mass is 35.5. The van der Waals surface area contributed by atoms with E-state index in [4.69, 9.17) is 11.6 Å². The third-order valence-electron chi connectivity index (χ3n) is 4.32. The van der Waals surface area contributed by atoms with E-state index in [-0.39, 0.29) is 23.3 Å². The van der Waals surface area contributed by atoms with Gasteiger partial charge in [0, 0.05) is 29.8 Å². The molecule has 27 heavy (non-hydrogen) atoms. The number of ether oxygens (including phenoxy) is 1. The molecular weight excluding hydrogens is 362 g/mol. The van der Waals surface area contributed by atoms with Gasteiger partial charge < -0.3 is 10.1 Å². The fourth-order valence-corrected chi connectivity index (χ4v) is 3.26. The first-order valence-electron chi connectivity index (χ1n) is 8.98. The lowest BCUT2D eigenvalue weighted by Crippen LogP contribution is -2.38. The van der Waals surface area contributed by atoms with Crippen LogP contribution < -0.4 is 5.32 Å². The minimum Gasteiger partial charge on any atom is -0.462 e. The lowest BCUT2D eigenvalue weighted by Gasteiger charge is -2.32. The summed E-state index contributed by atoms with van der Waals surface area (Å²) < 4.78 is 4.55. The second kappa shape index (κ2) is 9.56. The number of benzene rings is 2. The van der Waals surface area contributed by atoms with Crippen LogP contribution in [0.25, 0.3) is 0 Å². The number of amides is 1. The highest BCUT2D eigenvalue weighted by molar-refractivity contribution is 6.30. The molecule has 1 aliphatic rings. The van der Waals surface area contributed by atoms with Crippen LogP contribution in [0.3, 0.4) is 0 Å². The fraction of sp³-hybridized carbons (Fsp3) is 0.364. The van der Waals surface area contributed by atoms with Crippen LogP contribution in [-0.2, 0) is 14.3 Å². The SMILES string of the molecule is CC(C)(C)OC=O.O=C1C[C@@H](c2ccccc2)[C@@H](c2cccc(Cl)c2)CN1. The Morgan fingerprint density at radius 3 is 2.26 bits per heavy atom. The molecule has 0 aromatic heterocycles. The molecule has 144 valence electrons. The van der Waals surface area contributed by atoms with Crippen molar-refractivity contribution in [2.75, 3.05) is 6.54 Å². The first-order valence-corrected chi connectivity index (χ1v) is 9.36. The lowest BCUT2D eigenvalue weighted by atomic mass is 9.77. The van der Waals surface area contributed by atoms with Gasteiger partial charge in [-0.25, -0.2) is 0 Å². The largest absolute Gasteiger partial charge is 0.462 e. The molecule has 1 heterocycles. The van der Waals surface area contributed by atoms with Gasteiger partial charge in [0.05, 0.1) is 0 Å². The number of hydrogen-bond donors (Lipinski definition) is 1. The van der Waals surface area contributed by atoms with E-state index in [1.165, 1.54) is 11.1 Å². The van der Waals surface area contributed by atoms with E-state index in [1.807, 2.05) is 57.2 Å². The van der Waals surface area contributed by atoms with Crippen LogP contribution >= 0.6 is 11.6 Å². The Kier molecular flexibility index (Phi) is 7.43. The van der Waals surface area contributed by atoms with Gasteiger partial charge in [-0.15, -0.1) is 0 Å². The molecule has 2 aromatic carbocycles. The van der Waals surface area contributed by atoms with Crippen LogP contribution in [-0.4, -0.2) is 24.5 Å². The average Bonchev–Trinajstić information content (AvgIpc) is 2.62. The predicted octanol–water partition coefficient (Wildman–Crippen LogP) is 4.69. The Hall–Kier alpha value is -2.33. The van der Waals surface area contributed by atoms with Crippen molar-refractivity contribution in [2.24, 2.45) is 0 Å². The molecule has 5 heteroatoms. The first-order chi connectivity index (χ1) is 12.8. The highest BCUT2D eigenvalue weighted by Crippen LogP contribution is 2.38. The standard InChI is InChI=1S/C17H16ClNO.C5H10O2/c18-14-8-4-7-13(9-14)16-11-19-17(20)10-15(16)12-5-2-1-3-6-12;1-5(2,3)7-4-6/h1-9,15-16H,10-11H2,(H,19,20);4H,1-3H3/t15-,16+;/m0./s1. The zero-order chi connectivity index (χ0) is 19.9. The maximum atomic E-state index is 11.8. The Balaban J connectivity index is 0.000000321. The van der Waals surface area contributed by atoms with Gasteiger partial charge in [-0.05, 0) is 44.0 Å². The zero-order valence-electron chi connectivity index (χ0n) is 15.9. The first kappa shape index (κ1) is 21.0. The molecule has 1 saturated heterocycles. The summed E-state index contributed by atoms with van der Waals surface area (Å²) >= 11 is 6.10. The summed E-state index contributed by atoms with van der Waals surface area (Å²) in [5.41, 5.74) is 2.08. The van der Waals surface area contributed by atoms with Gasteiger partial charge in [0.15, 0.2) is 0 Å². The summed E-state index contributed by atoms with van der Waals surface area (Å²) in [7, 11) is 0. The van der Waals surface area contributed by atoms with Gasteiger partial charge in [-0.2, -0.15) is 0 Å². The summed E-state index contributed by atoms with van der Waals surface area (Å²) in [5.74, 6) is 0.606.